The molecule has 2 rings (SSSR count). The van der Waals surface area contributed by atoms with Gasteiger partial charge in [0.15, 0.2) is 20.6 Å². The van der Waals surface area contributed by atoms with Gasteiger partial charge in [0.1, 0.15) is 5.82 Å². The third-order valence-corrected chi connectivity index (χ3v) is 4.22. The fourth-order valence-corrected chi connectivity index (χ4v) is 3.16. The van der Waals surface area contributed by atoms with Gasteiger partial charge in [-0.05, 0) is 12.8 Å². The third-order valence-electron chi connectivity index (χ3n) is 3.06. The molecule has 0 atom stereocenters. The van der Waals surface area contributed by atoms with Crippen LogP contribution in [0.5, 0.6) is 0 Å². The standard InChI is InChI=1S/C10H18N4O2S/c1-17(15,16)8-9(11)13-14-10(8)12-7-5-3-2-4-6-7/h7H,2-6H2,1H3,(H4,11,12,13,14). The van der Waals surface area contributed by atoms with Gasteiger partial charge in [-0.25, -0.2) is 8.42 Å². The van der Waals surface area contributed by atoms with Crippen molar-refractivity contribution >= 4 is 21.5 Å². The van der Waals surface area contributed by atoms with Gasteiger partial charge in [-0.2, -0.15) is 5.10 Å². The molecule has 1 aliphatic carbocycles. The van der Waals surface area contributed by atoms with Crippen molar-refractivity contribution < 1.29 is 8.42 Å². The van der Waals surface area contributed by atoms with Gasteiger partial charge in [0, 0.05) is 12.3 Å². The minimum atomic E-state index is -3.35. The zero-order valence-corrected chi connectivity index (χ0v) is 10.7. The van der Waals surface area contributed by atoms with Gasteiger partial charge in [-0.15, -0.1) is 0 Å². The van der Waals surface area contributed by atoms with Crippen LogP contribution in [0.1, 0.15) is 32.1 Å². The second-order valence-corrected chi connectivity index (χ2v) is 6.52. The number of aromatic nitrogens is 2. The minimum absolute atomic E-state index is 0.0862. The van der Waals surface area contributed by atoms with E-state index in [2.05, 4.69) is 15.5 Å². The van der Waals surface area contributed by atoms with E-state index in [1.165, 1.54) is 19.3 Å². The molecule has 6 nitrogen and oxygen atoms in total. The highest BCUT2D eigenvalue weighted by molar-refractivity contribution is 7.91. The van der Waals surface area contributed by atoms with E-state index in [4.69, 9.17) is 5.73 Å². The normalized spacial score (nSPS) is 18.2. The first kappa shape index (κ1) is 12.2. The van der Waals surface area contributed by atoms with Crippen LogP contribution in [0.25, 0.3) is 0 Å². The summed E-state index contributed by atoms with van der Waals surface area (Å²) < 4.78 is 23.2. The van der Waals surface area contributed by atoms with Crippen LogP contribution in [0.3, 0.4) is 0 Å². The Labute approximate surface area is 101 Å². The molecule has 1 heterocycles. The molecule has 96 valence electrons. The molecule has 0 saturated heterocycles. The summed E-state index contributed by atoms with van der Waals surface area (Å²) in [7, 11) is -3.35. The molecule has 1 aromatic heterocycles. The van der Waals surface area contributed by atoms with Gasteiger partial charge in [0.2, 0.25) is 0 Å². The molecule has 7 heteroatoms. The topological polar surface area (TPSA) is 101 Å². The highest BCUT2D eigenvalue weighted by Crippen LogP contribution is 2.27. The zero-order chi connectivity index (χ0) is 12.5. The summed E-state index contributed by atoms with van der Waals surface area (Å²) in [6.07, 6.45) is 6.84. The first-order valence-electron chi connectivity index (χ1n) is 5.79. The number of aromatic amines is 1. The molecule has 1 fully saturated rings. The van der Waals surface area contributed by atoms with Crippen LogP contribution < -0.4 is 11.1 Å². The number of nitrogen functional groups attached to an aromatic ring is 1. The smallest absolute Gasteiger partial charge is 0.182 e. The van der Waals surface area contributed by atoms with E-state index in [1.807, 2.05) is 0 Å². The van der Waals surface area contributed by atoms with Crippen LogP contribution in [0, 0.1) is 0 Å². The largest absolute Gasteiger partial charge is 0.383 e. The SMILES string of the molecule is CS(=O)(=O)c1c(NC2CCCCC2)n[nH]c1N. The lowest BCUT2D eigenvalue weighted by Crippen LogP contribution is -2.23. The Morgan fingerprint density at radius 2 is 2.00 bits per heavy atom. The van der Waals surface area contributed by atoms with Crippen LogP contribution in [-0.4, -0.2) is 30.9 Å². The van der Waals surface area contributed by atoms with Gasteiger partial charge in [0.25, 0.3) is 0 Å². The Morgan fingerprint density at radius 3 is 2.59 bits per heavy atom. The minimum Gasteiger partial charge on any atom is -0.383 e. The second-order valence-electron chi connectivity index (χ2n) is 4.57. The molecule has 1 aliphatic rings. The number of nitrogens with two attached hydrogens (primary N) is 1. The second kappa shape index (κ2) is 4.56. The average Bonchev–Trinajstić information content (AvgIpc) is 2.60. The number of hydrogen-bond acceptors (Lipinski definition) is 5. The summed E-state index contributed by atoms with van der Waals surface area (Å²) in [4.78, 5) is 0.0862. The summed E-state index contributed by atoms with van der Waals surface area (Å²) in [6.45, 7) is 0. The van der Waals surface area contributed by atoms with Gasteiger partial charge >= 0.3 is 0 Å². The lowest BCUT2D eigenvalue weighted by molar-refractivity contribution is 0.461. The Hall–Kier alpha value is -1.24. The maximum Gasteiger partial charge on any atom is 0.182 e. The van der Waals surface area contributed by atoms with Gasteiger partial charge in [0.05, 0.1) is 0 Å². The molecule has 0 bridgehead atoms. The zero-order valence-electron chi connectivity index (χ0n) is 9.86. The third kappa shape index (κ3) is 2.71. The fraction of sp³-hybridized carbons (Fsp3) is 0.700. The predicted octanol–water partition coefficient (Wildman–Crippen LogP) is 1.14. The molecule has 0 amide bonds. The molecule has 0 aromatic carbocycles. The Bertz CT molecular complexity index is 488. The molecule has 4 N–H and O–H groups in total. The van der Waals surface area contributed by atoms with E-state index in [0.717, 1.165) is 19.1 Å². The highest BCUT2D eigenvalue weighted by Gasteiger charge is 2.23. The van der Waals surface area contributed by atoms with E-state index in [0.29, 0.717) is 11.9 Å². The predicted molar refractivity (Wildman–Crippen MR) is 66.6 cm³/mol. The summed E-state index contributed by atoms with van der Waals surface area (Å²) in [5.74, 6) is 0.461. The molecular formula is C10H18N4O2S. The van der Waals surface area contributed by atoms with Crippen LogP contribution in [-0.2, 0) is 9.84 Å². The highest BCUT2D eigenvalue weighted by atomic mass is 32.2. The van der Waals surface area contributed by atoms with Gasteiger partial charge in [-0.3, -0.25) is 5.10 Å². The summed E-state index contributed by atoms with van der Waals surface area (Å²) in [5, 5.41) is 9.63. The molecule has 0 aliphatic heterocycles. The number of nitrogens with one attached hydrogen (secondary N) is 2. The molecule has 17 heavy (non-hydrogen) atoms. The van der Waals surface area contributed by atoms with E-state index in [1.54, 1.807) is 0 Å². The van der Waals surface area contributed by atoms with Crippen molar-refractivity contribution in [2.45, 2.75) is 43.0 Å². The van der Waals surface area contributed by atoms with Crippen molar-refractivity contribution in [1.82, 2.24) is 10.2 Å². The van der Waals surface area contributed by atoms with Crippen LogP contribution in [0.2, 0.25) is 0 Å². The molecular weight excluding hydrogens is 240 g/mol. The molecule has 0 radical (unpaired) electrons. The van der Waals surface area contributed by atoms with Crippen molar-refractivity contribution in [3.05, 3.63) is 0 Å². The lowest BCUT2D eigenvalue weighted by Gasteiger charge is -2.22. The van der Waals surface area contributed by atoms with Crippen molar-refractivity contribution in [2.24, 2.45) is 0 Å². The quantitative estimate of drug-likeness (QED) is 0.754. The number of H-pyrrole nitrogens is 1. The maximum atomic E-state index is 11.6. The van der Waals surface area contributed by atoms with E-state index in [-0.39, 0.29) is 10.7 Å². The number of anilines is 2. The Balaban J connectivity index is 2.21. The molecule has 0 unspecified atom stereocenters. The Kier molecular flexibility index (Phi) is 3.28. The molecule has 1 saturated carbocycles. The first-order valence-corrected chi connectivity index (χ1v) is 7.68. The van der Waals surface area contributed by atoms with Crippen LogP contribution >= 0.6 is 0 Å². The monoisotopic (exact) mass is 258 g/mol. The van der Waals surface area contributed by atoms with Crippen molar-refractivity contribution in [1.29, 1.82) is 0 Å². The van der Waals surface area contributed by atoms with E-state index in [9.17, 15) is 8.42 Å². The van der Waals surface area contributed by atoms with Gasteiger partial charge in [-0.1, -0.05) is 19.3 Å². The summed E-state index contributed by atoms with van der Waals surface area (Å²) in [5.41, 5.74) is 5.60. The average molecular weight is 258 g/mol. The Morgan fingerprint density at radius 1 is 1.35 bits per heavy atom. The molecule has 0 spiro atoms. The fourth-order valence-electron chi connectivity index (χ4n) is 2.26. The van der Waals surface area contributed by atoms with Crippen molar-refractivity contribution in [3.8, 4) is 0 Å². The van der Waals surface area contributed by atoms with Gasteiger partial charge < -0.3 is 11.1 Å². The lowest BCUT2D eigenvalue weighted by atomic mass is 9.95. The number of sulfone groups is 1. The first-order chi connectivity index (χ1) is 7.98. The number of hydrogen-bond donors (Lipinski definition) is 3. The maximum absolute atomic E-state index is 11.6. The molecule has 1 aromatic rings. The van der Waals surface area contributed by atoms with Crippen molar-refractivity contribution in [3.63, 3.8) is 0 Å². The van der Waals surface area contributed by atoms with E-state index >= 15 is 0 Å². The summed E-state index contributed by atoms with van der Waals surface area (Å²) >= 11 is 0. The van der Waals surface area contributed by atoms with Crippen LogP contribution in [0.4, 0.5) is 11.6 Å². The number of rotatable bonds is 3. The summed E-state index contributed by atoms with van der Waals surface area (Å²) in [6, 6.07) is 0.298. The van der Waals surface area contributed by atoms with Crippen molar-refractivity contribution in [2.75, 3.05) is 17.3 Å². The van der Waals surface area contributed by atoms with E-state index < -0.39 is 9.84 Å². The van der Waals surface area contributed by atoms with Crippen LogP contribution in [0.15, 0.2) is 4.90 Å². The number of nitrogens with zero attached hydrogens (tertiary/aromatic N) is 1.